The summed E-state index contributed by atoms with van der Waals surface area (Å²) in [6.45, 7) is 6.11. The van der Waals surface area contributed by atoms with Crippen LogP contribution in [0.2, 0.25) is 0 Å². The highest BCUT2D eigenvalue weighted by atomic mass is 32.1. The van der Waals surface area contributed by atoms with Crippen molar-refractivity contribution in [1.82, 2.24) is 4.98 Å². The van der Waals surface area contributed by atoms with E-state index in [1.807, 2.05) is 20.8 Å². The Morgan fingerprint density at radius 3 is 2.15 bits per heavy atom. The maximum Gasteiger partial charge on any atom is 0.347 e. The molecule has 0 bridgehead atoms. The first-order chi connectivity index (χ1) is 9.39. The molecular weight excluding hydrogens is 270 g/mol. The second-order valence-electron chi connectivity index (χ2n) is 6.83. The normalized spacial score (nSPS) is 18.6. The number of carbonyl (C=O) groups is 1. The maximum atomic E-state index is 11.5. The number of aromatic carboxylic acids is 1. The Morgan fingerprint density at radius 2 is 1.70 bits per heavy atom. The van der Waals surface area contributed by atoms with Gasteiger partial charge in [-0.2, -0.15) is 0 Å². The van der Waals surface area contributed by atoms with Crippen LogP contribution in [0.15, 0.2) is 0 Å². The highest BCUT2D eigenvalue weighted by molar-refractivity contribution is 7.13. The monoisotopic (exact) mass is 295 g/mol. The molecule has 0 radical (unpaired) electrons. The van der Waals surface area contributed by atoms with Crippen LogP contribution in [0.4, 0.5) is 0 Å². The van der Waals surface area contributed by atoms with E-state index in [4.69, 9.17) is 4.98 Å². The fourth-order valence-electron chi connectivity index (χ4n) is 2.87. The van der Waals surface area contributed by atoms with E-state index in [9.17, 15) is 9.90 Å². The van der Waals surface area contributed by atoms with Crippen molar-refractivity contribution in [1.29, 1.82) is 0 Å². The first-order valence-corrected chi connectivity index (χ1v) is 8.45. The van der Waals surface area contributed by atoms with Crippen molar-refractivity contribution in [3.8, 4) is 0 Å². The summed E-state index contributed by atoms with van der Waals surface area (Å²) in [5.74, 6) is -0.362. The Kier molecular flexibility index (Phi) is 4.84. The summed E-state index contributed by atoms with van der Waals surface area (Å²) in [4.78, 5) is 16.6. The Morgan fingerprint density at radius 1 is 1.15 bits per heavy atom. The molecule has 1 aromatic rings. The van der Waals surface area contributed by atoms with Gasteiger partial charge in [0.05, 0.1) is 10.7 Å². The van der Waals surface area contributed by atoms with E-state index in [-0.39, 0.29) is 5.41 Å². The van der Waals surface area contributed by atoms with Gasteiger partial charge in [-0.15, -0.1) is 11.3 Å². The molecule has 4 heteroatoms. The van der Waals surface area contributed by atoms with E-state index in [2.05, 4.69) is 0 Å². The Labute approximate surface area is 125 Å². The summed E-state index contributed by atoms with van der Waals surface area (Å²) in [6, 6.07) is 0. The van der Waals surface area contributed by atoms with Gasteiger partial charge < -0.3 is 5.11 Å². The summed E-state index contributed by atoms with van der Waals surface area (Å²) in [6.07, 6.45) is 8.78. The standard InChI is InChI=1S/C16H25NO2S/c1-16(2,3)13-12(15(18)19)20-14(17-13)11-9-7-5-4-6-8-10-11/h11H,4-10H2,1-3H3,(H,18,19). The first-order valence-electron chi connectivity index (χ1n) is 7.64. The van der Waals surface area contributed by atoms with Crippen LogP contribution >= 0.6 is 11.3 Å². The lowest BCUT2D eigenvalue weighted by Gasteiger charge is -2.18. The van der Waals surface area contributed by atoms with Crippen LogP contribution in [0.25, 0.3) is 0 Å². The molecule has 0 unspecified atom stereocenters. The van der Waals surface area contributed by atoms with Gasteiger partial charge in [0.25, 0.3) is 0 Å². The minimum atomic E-state index is -0.829. The second-order valence-corrected chi connectivity index (χ2v) is 7.86. The average molecular weight is 295 g/mol. The molecule has 1 fully saturated rings. The lowest BCUT2D eigenvalue weighted by molar-refractivity contribution is 0.0699. The molecule has 3 nitrogen and oxygen atoms in total. The molecule has 1 aromatic heterocycles. The Hall–Kier alpha value is -0.900. The van der Waals surface area contributed by atoms with Crippen molar-refractivity contribution < 1.29 is 9.90 Å². The molecular formula is C16H25NO2S. The Balaban J connectivity index is 2.29. The van der Waals surface area contributed by atoms with Crippen LogP contribution in [0.1, 0.15) is 92.0 Å². The third-order valence-corrected chi connectivity index (χ3v) is 5.21. The molecule has 0 saturated heterocycles. The first kappa shape index (κ1) is 15.5. The molecule has 1 aliphatic rings. The second kappa shape index (κ2) is 6.25. The van der Waals surface area contributed by atoms with Crippen molar-refractivity contribution in [2.75, 3.05) is 0 Å². The van der Waals surface area contributed by atoms with Gasteiger partial charge in [0.1, 0.15) is 4.88 Å². The van der Waals surface area contributed by atoms with E-state index < -0.39 is 5.97 Å². The fourth-order valence-corrected chi connectivity index (χ4v) is 4.15. The minimum Gasteiger partial charge on any atom is -0.477 e. The smallest absolute Gasteiger partial charge is 0.347 e. The van der Waals surface area contributed by atoms with Crippen LogP contribution < -0.4 is 0 Å². The van der Waals surface area contributed by atoms with Gasteiger partial charge in [-0.25, -0.2) is 9.78 Å². The summed E-state index contributed by atoms with van der Waals surface area (Å²) < 4.78 is 0. The molecule has 0 aliphatic heterocycles. The highest BCUT2D eigenvalue weighted by Gasteiger charge is 2.29. The van der Waals surface area contributed by atoms with Crippen LogP contribution in [0.3, 0.4) is 0 Å². The molecule has 1 N–H and O–H groups in total. The lowest BCUT2D eigenvalue weighted by Crippen LogP contribution is -2.16. The zero-order valence-electron chi connectivity index (χ0n) is 12.7. The van der Waals surface area contributed by atoms with E-state index >= 15 is 0 Å². The topological polar surface area (TPSA) is 50.2 Å². The molecule has 0 spiro atoms. The van der Waals surface area contributed by atoms with Crippen molar-refractivity contribution in [2.45, 2.75) is 77.0 Å². The molecule has 1 saturated carbocycles. The van der Waals surface area contributed by atoms with Gasteiger partial charge >= 0.3 is 5.97 Å². The molecule has 0 atom stereocenters. The van der Waals surface area contributed by atoms with Crippen molar-refractivity contribution >= 4 is 17.3 Å². The third-order valence-electron chi connectivity index (χ3n) is 4.00. The number of rotatable bonds is 2. The number of hydrogen-bond donors (Lipinski definition) is 1. The summed E-state index contributed by atoms with van der Waals surface area (Å²) in [5.41, 5.74) is 0.552. The zero-order chi connectivity index (χ0) is 14.8. The minimum absolute atomic E-state index is 0.204. The van der Waals surface area contributed by atoms with Crippen molar-refractivity contribution in [3.63, 3.8) is 0 Å². The fraction of sp³-hybridized carbons (Fsp3) is 0.750. The predicted molar refractivity (Wildman–Crippen MR) is 82.8 cm³/mol. The average Bonchev–Trinajstić information content (AvgIpc) is 2.72. The molecule has 2 rings (SSSR count). The maximum absolute atomic E-state index is 11.5. The number of hydrogen-bond acceptors (Lipinski definition) is 3. The van der Waals surface area contributed by atoms with E-state index in [1.54, 1.807) is 0 Å². The predicted octanol–water partition coefficient (Wildman–Crippen LogP) is 4.97. The molecule has 1 aliphatic carbocycles. The van der Waals surface area contributed by atoms with Gasteiger partial charge in [0, 0.05) is 11.3 Å². The van der Waals surface area contributed by atoms with Crippen LogP contribution in [-0.2, 0) is 5.41 Å². The van der Waals surface area contributed by atoms with Gasteiger partial charge in [-0.1, -0.05) is 52.9 Å². The van der Waals surface area contributed by atoms with Crippen molar-refractivity contribution in [3.05, 3.63) is 15.6 Å². The highest BCUT2D eigenvalue weighted by Crippen LogP contribution is 2.37. The number of thiazole rings is 1. The number of nitrogens with zero attached hydrogens (tertiary/aromatic N) is 1. The number of aromatic nitrogens is 1. The van der Waals surface area contributed by atoms with Gasteiger partial charge in [-0.05, 0) is 12.8 Å². The largest absolute Gasteiger partial charge is 0.477 e. The molecule has 0 amide bonds. The van der Waals surface area contributed by atoms with Crippen LogP contribution in [0.5, 0.6) is 0 Å². The van der Waals surface area contributed by atoms with Crippen LogP contribution in [-0.4, -0.2) is 16.1 Å². The van der Waals surface area contributed by atoms with E-state index in [0.29, 0.717) is 10.8 Å². The van der Waals surface area contributed by atoms with Crippen LogP contribution in [0, 0.1) is 0 Å². The summed E-state index contributed by atoms with van der Waals surface area (Å²) in [5, 5.41) is 10.5. The third kappa shape index (κ3) is 3.60. The lowest BCUT2D eigenvalue weighted by atomic mass is 9.90. The molecule has 0 aromatic carbocycles. The molecule has 20 heavy (non-hydrogen) atoms. The zero-order valence-corrected chi connectivity index (χ0v) is 13.6. The molecule has 112 valence electrons. The Bertz CT molecular complexity index is 465. The quantitative estimate of drug-likeness (QED) is 0.838. The van der Waals surface area contributed by atoms with Gasteiger partial charge in [0.15, 0.2) is 0 Å². The number of carboxylic acid groups (broad SMARTS) is 1. The number of carboxylic acids is 1. The summed E-state index contributed by atoms with van der Waals surface area (Å²) in [7, 11) is 0. The van der Waals surface area contributed by atoms with Crippen molar-refractivity contribution in [2.24, 2.45) is 0 Å². The van der Waals surface area contributed by atoms with Gasteiger partial charge in [0.2, 0.25) is 0 Å². The summed E-state index contributed by atoms with van der Waals surface area (Å²) >= 11 is 1.41. The van der Waals surface area contributed by atoms with Gasteiger partial charge in [-0.3, -0.25) is 0 Å². The van der Waals surface area contributed by atoms with E-state index in [1.165, 1.54) is 43.4 Å². The SMILES string of the molecule is CC(C)(C)c1nc(C2CCCCCCC2)sc1C(=O)O. The van der Waals surface area contributed by atoms with E-state index in [0.717, 1.165) is 23.5 Å². The molecule has 1 heterocycles.